The molecule has 2 saturated carbocycles. The minimum atomic E-state index is -0.483. The second-order valence-electron chi connectivity index (χ2n) is 13.2. The van der Waals surface area contributed by atoms with Crippen LogP contribution in [0.25, 0.3) is 22.1 Å². The van der Waals surface area contributed by atoms with E-state index in [4.69, 9.17) is 16.2 Å². The van der Waals surface area contributed by atoms with Crippen molar-refractivity contribution in [2.24, 2.45) is 0 Å². The zero-order valence-corrected chi connectivity index (χ0v) is 25.0. The molecule has 43 heavy (non-hydrogen) atoms. The maximum atomic E-state index is 12.6. The molecule has 2 aliphatic heterocycles. The number of carbonyl (C=O) groups excluding carboxylic acids is 1. The molecule has 7 N–H and O–H groups in total. The molecule has 6 heterocycles. The molecule has 4 aromatic rings. The van der Waals surface area contributed by atoms with E-state index in [1.807, 2.05) is 50.2 Å². The maximum absolute atomic E-state index is 12.6. The molecule has 0 aromatic carbocycles. The number of hydrogen-bond acceptors (Lipinski definition) is 11. The highest BCUT2D eigenvalue weighted by Crippen LogP contribution is 2.46. The Morgan fingerprint density at radius 2 is 1.42 bits per heavy atom. The lowest BCUT2D eigenvalue weighted by Gasteiger charge is -2.43. The zero-order valence-electron chi connectivity index (χ0n) is 25.0. The van der Waals surface area contributed by atoms with Gasteiger partial charge in [-0.05, 0) is 58.6 Å². The second-order valence-corrected chi connectivity index (χ2v) is 13.2. The normalized spacial score (nSPS) is 20.4. The van der Waals surface area contributed by atoms with Crippen LogP contribution in [0.5, 0.6) is 0 Å². The Morgan fingerprint density at radius 3 is 1.95 bits per heavy atom. The van der Waals surface area contributed by atoms with Gasteiger partial charge in [-0.1, -0.05) is 0 Å². The van der Waals surface area contributed by atoms with Crippen molar-refractivity contribution in [3.8, 4) is 0 Å². The summed E-state index contributed by atoms with van der Waals surface area (Å²) in [6, 6.07) is 3.98. The van der Waals surface area contributed by atoms with Crippen LogP contribution in [0.4, 0.5) is 28.3 Å². The fourth-order valence-corrected chi connectivity index (χ4v) is 6.32. The van der Waals surface area contributed by atoms with Crippen molar-refractivity contribution in [2.75, 3.05) is 60.5 Å². The van der Waals surface area contributed by atoms with Crippen LogP contribution in [0.15, 0.2) is 24.5 Å². The van der Waals surface area contributed by atoms with E-state index in [-0.39, 0.29) is 17.6 Å². The second kappa shape index (κ2) is 9.86. The van der Waals surface area contributed by atoms with Gasteiger partial charge in [0, 0.05) is 57.2 Å². The Kier molecular flexibility index (Phi) is 6.31. The highest BCUT2D eigenvalue weighted by Gasteiger charge is 2.54. The lowest BCUT2D eigenvalue weighted by molar-refractivity contribution is 0.0106. The van der Waals surface area contributed by atoms with Crippen molar-refractivity contribution < 1.29 is 9.53 Å². The molecule has 2 spiro atoms. The van der Waals surface area contributed by atoms with Crippen molar-refractivity contribution in [2.45, 2.75) is 63.1 Å². The van der Waals surface area contributed by atoms with Gasteiger partial charge in [0.2, 0.25) is 11.9 Å². The highest BCUT2D eigenvalue weighted by atomic mass is 16.6. The molecule has 0 bridgehead atoms. The number of fused-ring (bicyclic) bond motifs is 2. The molecule has 4 aromatic heterocycles. The summed E-state index contributed by atoms with van der Waals surface area (Å²) in [5.74, 6) is 2.39. The summed E-state index contributed by atoms with van der Waals surface area (Å²) < 4.78 is 5.59. The van der Waals surface area contributed by atoms with Gasteiger partial charge >= 0.3 is 6.09 Å². The molecule has 0 radical (unpaired) electrons. The third kappa shape index (κ3) is 5.35. The number of nitrogens with one attached hydrogen (secondary N) is 3. The molecule has 1 amide bonds. The Bertz CT molecular complexity index is 1660. The van der Waals surface area contributed by atoms with E-state index >= 15 is 0 Å². The maximum Gasteiger partial charge on any atom is 0.410 e. The lowest BCUT2D eigenvalue weighted by atomic mass is 10.1. The molecule has 4 aliphatic rings. The zero-order chi connectivity index (χ0) is 30.0. The van der Waals surface area contributed by atoms with Gasteiger partial charge in [-0.25, -0.2) is 4.79 Å². The number of carbonyl (C=O) groups is 1. The number of ether oxygens (including phenoxy) is 1. The Balaban J connectivity index is 0.000000147. The summed E-state index contributed by atoms with van der Waals surface area (Å²) >= 11 is 0. The summed E-state index contributed by atoms with van der Waals surface area (Å²) in [4.78, 5) is 42.5. The van der Waals surface area contributed by atoms with Crippen molar-refractivity contribution >= 4 is 51.7 Å². The van der Waals surface area contributed by atoms with Gasteiger partial charge in [0.25, 0.3) is 0 Å². The van der Waals surface area contributed by atoms with E-state index < -0.39 is 5.60 Å². The van der Waals surface area contributed by atoms with E-state index in [9.17, 15) is 4.79 Å². The average molecular weight is 589 g/mol. The SMILES string of the molecule is CC(C)(C)OC(=O)N1CCN(c2nc(N)nc3[nH]ccc23)CC12CC2.Nc1nc(N2CCNC3(CC3)C2)c2cc[nH]c2n1. The first kappa shape index (κ1) is 27.5. The predicted molar refractivity (Wildman–Crippen MR) is 166 cm³/mol. The number of nitrogen functional groups attached to an aromatic ring is 2. The minimum Gasteiger partial charge on any atom is -0.444 e. The monoisotopic (exact) mass is 588 g/mol. The predicted octanol–water partition coefficient (Wildman–Crippen LogP) is 2.61. The summed E-state index contributed by atoms with van der Waals surface area (Å²) in [6.07, 6.45) is 8.00. The number of hydrogen-bond donors (Lipinski definition) is 5. The Hall–Kier alpha value is -4.33. The van der Waals surface area contributed by atoms with E-state index in [1.165, 1.54) is 12.8 Å². The van der Waals surface area contributed by atoms with E-state index in [0.29, 0.717) is 24.6 Å². The first-order valence-electron chi connectivity index (χ1n) is 15.0. The highest BCUT2D eigenvalue weighted by molar-refractivity contribution is 5.89. The van der Waals surface area contributed by atoms with Gasteiger partial charge in [0.05, 0.1) is 16.3 Å². The van der Waals surface area contributed by atoms with Gasteiger partial charge in [0.15, 0.2) is 0 Å². The molecule has 0 atom stereocenters. The van der Waals surface area contributed by atoms with Crippen molar-refractivity contribution in [1.29, 1.82) is 0 Å². The third-order valence-corrected chi connectivity index (χ3v) is 8.75. The van der Waals surface area contributed by atoms with Crippen molar-refractivity contribution in [3.63, 3.8) is 0 Å². The van der Waals surface area contributed by atoms with Gasteiger partial charge in [-0.2, -0.15) is 19.9 Å². The number of nitrogens with two attached hydrogens (primary N) is 2. The topological polar surface area (TPSA) is 183 Å². The number of anilines is 4. The molecule has 8 rings (SSSR count). The number of H-pyrrole nitrogens is 2. The fraction of sp³-hybridized carbons (Fsp3) is 0.552. The summed E-state index contributed by atoms with van der Waals surface area (Å²) in [6.45, 7) is 10.7. The number of piperazine rings is 2. The molecule has 2 saturated heterocycles. The summed E-state index contributed by atoms with van der Waals surface area (Å²) in [7, 11) is 0. The van der Waals surface area contributed by atoms with Gasteiger partial charge < -0.3 is 41.3 Å². The standard InChI is InChI=1S/C17H24N6O2.C12H16N6/c1-16(2,3)25-15(24)23-9-8-22(10-17(23)5-6-17)13-11-4-7-19-12(11)20-14(18)21-13;13-11-16-9-8(1-4-14-9)10(17-11)18-6-5-15-12(7-18)2-3-12/h4,7H,5-6,8-10H2,1-3H3,(H3,18,19,20,21);1,4,15H,2-3,5-7H2,(H3,13,14,16,17). The largest absolute Gasteiger partial charge is 0.444 e. The minimum absolute atomic E-state index is 0.150. The van der Waals surface area contributed by atoms with Gasteiger partial charge in [-0.15, -0.1) is 0 Å². The van der Waals surface area contributed by atoms with Crippen LogP contribution in [-0.4, -0.2) is 96.8 Å². The summed E-state index contributed by atoms with van der Waals surface area (Å²) in [5.41, 5.74) is 12.9. The van der Waals surface area contributed by atoms with Crippen LogP contribution in [0, 0.1) is 0 Å². The van der Waals surface area contributed by atoms with Crippen LogP contribution in [0.2, 0.25) is 0 Å². The lowest BCUT2D eigenvalue weighted by Crippen LogP contribution is -2.58. The molecular weight excluding hydrogens is 548 g/mol. The van der Waals surface area contributed by atoms with E-state index in [0.717, 1.165) is 72.7 Å². The molecule has 2 aliphatic carbocycles. The molecular formula is C29H40N12O2. The van der Waals surface area contributed by atoms with Crippen molar-refractivity contribution in [1.82, 2.24) is 40.1 Å². The number of amides is 1. The van der Waals surface area contributed by atoms with Crippen LogP contribution >= 0.6 is 0 Å². The average Bonchev–Trinajstić information content (AvgIpc) is 3.74. The first-order valence-corrected chi connectivity index (χ1v) is 15.0. The third-order valence-electron chi connectivity index (χ3n) is 8.75. The quantitative estimate of drug-likeness (QED) is 0.232. The molecule has 0 unspecified atom stereocenters. The molecule has 14 nitrogen and oxygen atoms in total. The van der Waals surface area contributed by atoms with Gasteiger partial charge in [-0.3, -0.25) is 4.90 Å². The smallest absolute Gasteiger partial charge is 0.410 e. The first-order chi connectivity index (χ1) is 20.5. The van der Waals surface area contributed by atoms with Crippen LogP contribution in [-0.2, 0) is 4.74 Å². The Labute approximate surface area is 249 Å². The van der Waals surface area contributed by atoms with Gasteiger partial charge in [0.1, 0.15) is 28.5 Å². The number of aromatic amines is 2. The van der Waals surface area contributed by atoms with E-state index in [1.54, 1.807) is 0 Å². The molecule has 14 heteroatoms. The van der Waals surface area contributed by atoms with E-state index in [2.05, 4.69) is 45.0 Å². The molecule has 4 fully saturated rings. The number of nitrogens with zero attached hydrogens (tertiary/aromatic N) is 7. The fourth-order valence-electron chi connectivity index (χ4n) is 6.32. The Morgan fingerprint density at radius 1 is 0.837 bits per heavy atom. The van der Waals surface area contributed by atoms with Crippen molar-refractivity contribution in [3.05, 3.63) is 24.5 Å². The van der Waals surface area contributed by atoms with Crippen LogP contribution in [0.3, 0.4) is 0 Å². The number of aromatic nitrogens is 6. The number of rotatable bonds is 2. The molecule has 228 valence electrons. The van der Waals surface area contributed by atoms with Crippen LogP contribution < -0.4 is 26.6 Å². The summed E-state index contributed by atoms with van der Waals surface area (Å²) in [5, 5.41) is 5.61. The van der Waals surface area contributed by atoms with Crippen LogP contribution in [0.1, 0.15) is 46.5 Å².